The molecule has 0 radical (unpaired) electrons. The van der Waals surface area contributed by atoms with Gasteiger partial charge in [0, 0.05) is 48.5 Å². The summed E-state index contributed by atoms with van der Waals surface area (Å²) in [6, 6.07) is 24.0. The molecule has 0 spiro atoms. The first-order valence-corrected chi connectivity index (χ1v) is 17.7. The zero-order chi connectivity index (χ0) is 41.1. The van der Waals surface area contributed by atoms with Crippen LogP contribution < -0.4 is 39.5 Å². The van der Waals surface area contributed by atoms with E-state index >= 15 is 0 Å². The highest BCUT2D eigenvalue weighted by Gasteiger charge is 2.20. The third-order valence-corrected chi connectivity index (χ3v) is 6.62. The molecular weight excluding hydrogens is 697 g/mol. The van der Waals surface area contributed by atoms with Gasteiger partial charge in [-0.3, -0.25) is 29.0 Å². The van der Waals surface area contributed by atoms with E-state index in [0.29, 0.717) is 0 Å². The number of nitrogens with one attached hydrogen (secondary N) is 4. The molecular formula is C41H62N10O4. The maximum Gasteiger partial charge on any atom is 0.231 e. The molecule has 55 heavy (non-hydrogen) atoms. The van der Waals surface area contributed by atoms with E-state index in [2.05, 4.69) is 49.0 Å². The lowest BCUT2D eigenvalue weighted by atomic mass is 10.4. The van der Waals surface area contributed by atoms with E-state index in [1.165, 1.54) is 9.80 Å². The van der Waals surface area contributed by atoms with E-state index < -0.39 is 0 Å². The average molecular weight is 759 g/mol. The molecule has 4 aromatic heterocycles. The quantitative estimate of drug-likeness (QED) is 0.0771. The van der Waals surface area contributed by atoms with Gasteiger partial charge in [0.1, 0.15) is 28.2 Å². The Morgan fingerprint density at radius 1 is 0.382 bits per heavy atom. The summed E-state index contributed by atoms with van der Waals surface area (Å²) in [6.07, 6.45) is 16.0. The zero-order valence-corrected chi connectivity index (χ0v) is 33.1. The van der Waals surface area contributed by atoms with E-state index in [1.807, 2.05) is 169 Å². The maximum atomic E-state index is 11.9. The summed E-state index contributed by atoms with van der Waals surface area (Å²) in [7, 11) is 8.00. The minimum absolute atomic E-state index is 0.0459. The van der Waals surface area contributed by atoms with Crippen molar-refractivity contribution >= 4 is 23.6 Å². The van der Waals surface area contributed by atoms with Crippen LogP contribution in [-0.2, 0) is 47.4 Å². The van der Waals surface area contributed by atoms with Gasteiger partial charge in [0.05, 0.1) is 32.8 Å². The number of aryl methyl sites for hydroxylation is 4. The van der Waals surface area contributed by atoms with Crippen LogP contribution in [0.4, 0.5) is 0 Å². The number of carbonyl (C=O) groups excluding carboxylic acids is 4. The van der Waals surface area contributed by atoms with E-state index in [-0.39, 0.29) is 82.7 Å². The van der Waals surface area contributed by atoms with Gasteiger partial charge >= 0.3 is 0 Å². The van der Waals surface area contributed by atoms with Crippen molar-refractivity contribution in [3.63, 3.8) is 0 Å². The molecule has 4 rings (SSSR count). The molecule has 0 atom stereocenters. The van der Waals surface area contributed by atoms with Crippen molar-refractivity contribution in [1.29, 1.82) is 0 Å². The fourth-order valence-electron chi connectivity index (χ4n) is 4.13. The van der Waals surface area contributed by atoms with Crippen LogP contribution in [0, 0.1) is 27.7 Å². The smallest absolute Gasteiger partial charge is 0.231 e. The monoisotopic (exact) mass is 758 g/mol. The Kier molecular flexibility index (Phi) is 29.6. The zero-order valence-electron chi connectivity index (χ0n) is 33.1. The fourth-order valence-corrected chi connectivity index (χ4v) is 4.13. The van der Waals surface area contributed by atoms with Gasteiger partial charge in [-0.1, -0.05) is 24.3 Å². The average Bonchev–Trinajstić information content (AvgIpc) is 3.14. The molecule has 0 aliphatic rings. The third kappa shape index (κ3) is 30.6. The lowest BCUT2D eigenvalue weighted by Crippen LogP contribution is -2.51. The van der Waals surface area contributed by atoms with Crippen molar-refractivity contribution in [3.8, 4) is 0 Å². The molecule has 4 heterocycles. The molecule has 0 aromatic carbocycles. The summed E-state index contributed by atoms with van der Waals surface area (Å²) in [6.45, 7) is 14.7. The number of carbonyl (C=O) groups is 4. The minimum atomic E-state index is -0.322. The first-order valence-electron chi connectivity index (χ1n) is 17.7. The molecule has 0 fully saturated rings. The van der Waals surface area contributed by atoms with Crippen molar-refractivity contribution in [3.05, 3.63) is 150 Å². The molecule has 0 saturated heterocycles. The first kappa shape index (κ1) is 49.4. The van der Waals surface area contributed by atoms with Crippen LogP contribution in [0.25, 0.3) is 0 Å². The van der Waals surface area contributed by atoms with Crippen molar-refractivity contribution in [2.75, 3.05) is 59.0 Å². The van der Waals surface area contributed by atoms with Gasteiger partial charge < -0.3 is 49.0 Å². The molecule has 0 aliphatic carbocycles. The summed E-state index contributed by atoms with van der Waals surface area (Å²) in [5, 5.41) is 10.2. The van der Waals surface area contributed by atoms with Crippen molar-refractivity contribution in [2.24, 2.45) is 28.2 Å². The van der Waals surface area contributed by atoms with Crippen LogP contribution in [-0.4, -0.2) is 92.5 Å². The van der Waals surface area contributed by atoms with Gasteiger partial charge in [-0.05, 0) is 0 Å². The predicted molar refractivity (Wildman–Crippen MR) is 212 cm³/mol. The fraction of sp³-hybridized carbons (Fsp3) is 0.317. The van der Waals surface area contributed by atoms with Crippen LogP contribution >= 0.6 is 0 Å². The molecule has 0 aliphatic heterocycles. The summed E-state index contributed by atoms with van der Waals surface area (Å²) >= 11 is 0. The second-order valence-corrected chi connectivity index (χ2v) is 11.7. The van der Waals surface area contributed by atoms with Gasteiger partial charge in [-0.15, -0.1) is 26.2 Å². The number of rotatable bonds is 14. The number of amides is 4. The highest BCUT2D eigenvalue weighted by Crippen LogP contribution is 1.97. The predicted octanol–water partition coefficient (Wildman–Crippen LogP) is -0.607. The number of nitrogens with zero attached hydrogens (tertiary/aromatic N) is 6. The second kappa shape index (κ2) is 33.0. The van der Waals surface area contributed by atoms with E-state index in [4.69, 9.17) is 0 Å². The Balaban J connectivity index is 0.000000816. The summed E-state index contributed by atoms with van der Waals surface area (Å²) in [5.74, 6) is -1.29. The SMILES string of the molecule is C[n+]1ccccc1.C[n+]1ccccc1.C[n+]1ccccc1.C[n+]1ccccc1.[CH2-]CNC(=O)CN(CC(=O)NC[CH2-])CN(CC(=O)NC[CH2-])CC(=O)NC[CH2-]. The molecule has 14 heteroatoms. The van der Waals surface area contributed by atoms with Crippen molar-refractivity contribution in [1.82, 2.24) is 31.1 Å². The van der Waals surface area contributed by atoms with Crippen LogP contribution in [0.2, 0.25) is 0 Å². The van der Waals surface area contributed by atoms with Gasteiger partial charge in [0.2, 0.25) is 23.6 Å². The number of pyridine rings is 4. The normalized spacial score (nSPS) is 9.64. The Bertz CT molecular complexity index is 1320. The number of hydrogen-bond donors (Lipinski definition) is 4. The van der Waals surface area contributed by atoms with Crippen molar-refractivity contribution in [2.45, 2.75) is 0 Å². The highest BCUT2D eigenvalue weighted by molar-refractivity contribution is 5.82. The lowest BCUT2D eigenvalue weighted by Gasteiger charge is -2.29. The Morgan fingerprint density at radius 3 is 0.691 bits per heavy atom. The van der Waals surface area contributed by atoms with Gasteiger partial charge in [-0.2, -0.15) is 0 Å². The molecule has 4 amide bonds. The van der Waals surface area contributed by atoms with E-state index in [1.54, 1.807) is 0 Å². The molecule has 0 bridgehead atoms. The topological polar surface area (TPSA) is 138 Å². The van der Waals surface area contributed by atoms with Gasteiger partial charge in [0.25, 0.3) is 0 Å². The molecule has 4 N–H and O–H groups in total. The highest BCUT2D eigenvalue weighted by atomic mass is 16.2. The Hall–Kier alpha value is -5.60. The largest absolute Gasteiger partial charge is 0.385 e. The van der Waals surface area contributed by atoms with E-state index in [0.717, 1.165) is 0 Å². The minimum Gasteiger partial charge on any atom is -0.385 e. The van der Waals surface area contributed by atoms with Crippen molar-refractivity contribution < 1.29 is 37.4 Å². The Morgan fingerprint density at radius 2 is 0.564 bits per heavy atom. The van der Waals surface area contributed by atoms with E-state index in [9.17, 15) is 19.2 Å². The molecule has 4 aromatic rings. The number of hydrogen-bond acceptors (Lipinski definition) is 6. The van der Waals surface area contributed by atoms with Gasteiger partial charge in [-0.25, -0.2) is 18.3 Å². The van der Waals surface area contributed by atoms with Gasteiger partial charge in [0.15, 0.2) is 49.6 Å². The third-order valence-electron chi connectivity index (χ3n) is 6.62. The first-order chi connectivity index (χ1) is 26.4. The summed E-state index contributed by atoms with van der Waals surface area (Å²) < 4.78 is 8.00. The lowest BCUT2D eigenvalue weighted by molar-refractivity contribution is -0.671. The number of aromatic nitrogens is 4. The summed E-state index contributed by atoms with van der Waals surface area (Å²) in [4.78, 5) is 50.6. The molecule has 300 valence electrons. The van der Waals surface area contributed by atoms with Crippen LogP contribution in [0.5, 0.6) is 0 Å². The van der Waals surface area contributed by atoms with Crippen LogP contribution in [0.15, 0.2) is 122 Å². The second-order valence-electron chi connectivity index (χ2n) is 11.7. The maximum absolute atomic E-state index is 11.9. The Labute approximate surface area is 328 Å². The van der Waals surface area contributed by atoms with Crippen LogP contribution in [0.1, 0.15) is 0 Å². The molecule has 14 nitrogen and oxygen atoms in total. The molecule has 0 unspecified atom stereocenters. The van der Waals surface area contributed by atoms with Crippen LogP contribution in [0.3, 0.4) is 0 Å². The summed E-state index contributed by atoms with van der Waals surface area (Å²) in [5.41, 5.74) is 0. The molecule has 0 saturated carbocycles. The standard InChI is InChI=1S/C17H30N6O4.4C6H8N/c1-5-18-14(24)9-22(10-15(25)19-6-2)13-23(11-16(26)20-7-3)12-17(27)21-8-4;4*1-7-5-3-2-4-6-7/h1-13H2,(H,18,24)(H,19,25)(H,20,26)(H,21,27);4*2-6H,1H3/q-4;4*+1.